The molecule has 0 amide bonds. The third-order valence-corrected chi connectivity index (χ3v) is 4.35. The highest BCUT2D eigenvalue weighted by Gasteiger charge is 2.22. The maximum atomic E-state index is 10.1. The Morgan fingerprint density at radius 2 is 2.00 bits per heavy atom. The average molecular weight is 268 g/mol. The van der Waals surface area contributed by atoms with Crippen LogP contribution in [0, 0.1) is 5.92 Å². The number of rotatable bonds is 5. The van der Waals surface area contributed by atoms with Gasteiger partial charge in [0.2, 0.25) is 0 Å². The van der Waals surface area contributed by atoms with E-state index in [4.69, 9.17) is 11.6 Å². The predicted octanol–water partition coefficient (Wildman–Crippen LogP) is 3.54. The number of aliphatic hydroxyl groups is 1. The minimum Gasteiger partial charge on any atom is -0.387 e. The standard InChI is InChI=1S/C15H22ClNO/c1-11(12-6-2-3-7-12)17-10-15(18)13-8-4-5-9-14(13)16/h4-5,8-9,11-12,15,17-18H,2-3,6-7,10H2,1H3. The van der Waals surface area contributed by atoms with Crippen molar-refractivity contribution in [2.24, 2.45) is 5.92 Å². The smallest absolute Gasteiger partial charge is 0.0928 e. The molecule has 0 bridgehead atoms. The normalized spacial score (nSPS) is 19.9. The largest absolute Gasteiger partial charge is 0.387 e. The SMILES string of the molecule is CC(NCC(O)c1ccccc1Cl)C1CCCC1. The molecular weight excluding hydrogens is 246 g/mol. The zero-order chi connectivity index (χ0) is 13.0. The predicted molar refractivity (Wildman–Crippen MR) is 75.8 cm³/mol. The fraction of sp³-hybridized carbons (Fsp3) is 0.600. The first-order valence-corrected chi connectivity index (χ1v) is 7.22. The molecule has 1 aromatic carbocycles. The molecule has 0 saturated heterocycles. The van der Waals surface area contributed by atoms with Gasteiger partial charge in [0.1, 0.15) is 0 Å². The van der Waals surface area contributed by atoms with Gasteiger partial charge in [-0.15, -0.1) is 0 Å². The Morgan fingerprint density at radius 3 is 2.67 bits per heavy atom. The highest BCUT2D eigenvalue weighted by molar-refractivity contribution is 6.31. The van der Waals surface area contributed by atoms with Gasteiger partial charge in [0.15, 0.2) is 0 Å². The lowest BCUT2D eigenvalue weighted by atomic mass is 9.99. The Hall–Kier alpha value is -0.570. The Kier molecular flexibility index (Phi) is 5.04. The van der Waals surface area contributed by atoms with Gasteiger partial charge in [-0.05, 0) is 31.7 Å². The molecule has 2 unspecified atom stereocenters. The summed E-state index contributed by atoms with van der Waals surface area (Å²) in [6.07, 6.45) is 4.81. The first kappa shape index (κ1) is 13.9. The second-order valence-electron chi connectivity index (χ2n) is 5.28. The van der Waals surface area contributed by atoms with E-state index in [0.29, 0.717) is 17.6 Å². The van der Waals surface area contributed by atoms with E-state index in [1.165, 1.54) is 25.7 Å². The van der Waals surface area contributed by atoms with Crippen LogP contribution >= 0.6 is 11.6 Å². The van der Waals surface area contributed by atoms with Gasteiger partial charge in [0, 0.05) is 23.2 Å². The zero-order valence-electron chi connectivity index (χ0n) is 10.9. The molecule has 1 aromatic rings. The lowest BCUT2D eigenvalue weighted by molar-refractivity contribution is 0.165. The van der Waals surface area contributed by atoms with Crippen molar-refractivity contribution in [3.63, 3.8) is 0 Å². The monoisotopic (exact) mass is 267 g/mol. The van der Waals surface area contributed by atoms with Gasteiger partial charge in [0.25, 0.3) is 0 Å². The van der Waals surface area contributed by atoms with Gasteiger partial charge >= 0.3 is 0 Å². The molecule has 0 aliphatic heterocycles. The summed E-state index contributed by atoms with van der Waals surface area (Å²) < 4.78 is 0. The van der Waals surface area contributed by atoms with Crippen LogP contribution in [-0.4, -0.2) is 17.7 Å². The van der Waals surface area contributed by atoms with E-state index in [2.05, 4.69) is 12.2 Å². The minimum absolute atomic E-state index is 0.477. The van der Waals surface area contributed by atoms with Crippen molar-refractivity contribution in [2.75, 3.05) is 6.54 Å². The Morgan fingerprint density at radius 1 is 1.33 bits per heavy atom. The molecule has 3 heteroatoms. The van der Waals surface area contributed by atoms with Gasteiger partial charge in [-0.1, -0.05) is 42.6 Å². The Labute approximate surface area is 114 Å². The first-order chi connectivity index (χ1) is 8.68. The fourth-order valence-corrected chi connectivity index (χ4v) is 3.04. The zero-order valence-corrected chi connectivity index (χ0v) is 11.7. The molecule has 0 aromatic heterocycles. The third-order valence-electron chi connectivity index (χ3n) is 4.00. The van der Waals surface area contributed by atoms with Crippen molar-refractivity contribution in [3.8, 4) is 0 Å². The molecule has 0 spiro atoms. The summed E-state index contributed by atoms with van der Waals surface area (Å²) >= 11 is 6.07. The van der Waals surface area contributed by atoms with Gasteiger partial charge in [-0.2, -0.15) is 0 Å². The number of nitrogens with one attached hydrogen (secondary N) is 1. The van der Waals surface area contributed by atoms with E-state index >= 15 is 0 Å². The maximum absolute atomic E-state index is 10.1. The van der Waals surface area contributed by atoms with Crippen molar-refractivity contribution < 1.29 is 5.11 Å². The second kappa shape index (κ2) is 6.55. The summed E-state index contributed by atoms with van der Waals surface area (Å²) in [6.45, 7) is 2.79. The van der Waals surface area contributed by atoms with Crippen LogP contribution in [0.5, 0.6) is 0 Å². The topological polar surface area (TPSA) is 32.3 Å². The lowest BCUT2D eigenvalue weighted by Crippen LogP contribution is -2.35. The molecular formula is C15H22ClNO. The van der Waals surface area contributed by atoms with Gasteiger partial charge in [0.05, 0.1) is 6.10 Å². The Balaban J connectivity index is 1.84. The van der Waals surface area contributed by atoms with Crippen LogP contribution in [0.25, 0.3) is 0 Å². The van der Waals surface area contributed by atoms with E-state index in [1.807, 2.05) is 24.3 Å². The third kappa shape index (κ3) is 3.47. The Bertz CT molecular complexity index is 377. The summed E-state index contributed by atoms with van der Waals surface area (Å²) in [5.74, 6) is 0.767. The van der Waals surface area contributed by atoms with Crippen LogP contribution in [0.2, 0.25) is 5.02 Å². The van der Waals surface area contributed by atoms with Gasteiger partial charge < -0.3 is 10.4 Å². The molecule has 1 aliphatic carbocycles. The van der Waals surface area contributed by atoms with Crippen LogP contribution in [0.3, 0.4) is 0 Å². The van der Waals surface area contributed by atoms with Gasteiger partial charge in [-0.3, -0.25) is 0 Å². The van der Waals surface area contributed by atoms with Crippen LogP contribution in [0.4, 0.5) is 0 Å². The van der Waals surface area contributed by atoms with E-state index < -0.39 is 6.10 Å². The van der Waals surface area contributed by atoms with E-state index in [9.17, 15) is 5.11 Å². The van der Waals surface area contributed by atoms with Crippen LogP contribution in [0.15, 0.2) is 24.3 Å². The molecule has 1 saturated carbocycles. The van der Waals surface area contributed by atoms with Crippen LogP contribution in [0.1, 0.15) is 44.3 Å². The molecule has 0 radical (unpaired) electrons. The molecule has 18 heavy (non-hydrogen) atoms. The van der Waals surface area contributed by atoms with Crippen molar-refractivity contribution >= 4 is 11.6 Å². The average Bonchev–Trinajstić information content (AvgIpc) is 2.90. The molecule has 1 aliphatic rings. The summed E-state index contributed by atoms with van der Waals surface area (Å²) in [7, 11) is 0. The highest BCUT2D eigenvalue weighted by atomic mass is 35.5. The van der Waals surface area contributed by atoms with Gasteiger partial charge in [-0.25, -0.2) is 0 Å². The van der Waals surface area contributed by atoms with Crippen LogP contribution in [-0.2, 0) is 0 Å². The number of halogens is 1. The summed E-state index contributed by atoms with van der Waals surface area (Å²) in [6, 6.07) is 7.97. The second-order valence-corrected chi connectivity index (χ2v) is 5.69. The number of hydrogen-bond acceptors (Lipinski definition) is 2. The van der Waals surface area contributed by atoms with Crippen molar-refractivity contribution in [1.29, 1.82) is 0 Å². The number of benzene rings is 1. The first-order valence-electron chi connectivity index (χ1n) is 6.84. The fourth-order valence-electron chi connectivity index (χ4n) is 2.78. The summed E-state index contributed by atoms with van der Waals surface area (Å²) in [4.78, 5) is 0. The molecule has 2 N–H and O–H groups in total. The van der Waals surface area contributed by atoms with Crippen molar-refractivity contribution in [3.05, 3.63) is 34.9 Å². The summed E-state index contributed by atoms with van der Waals surface area (Å²) in [5, 5.41) is 14.2. The number of hydrogen-bond donors (Lipinski definition) is 2. The maximum Gasteiger partial charge on any atom is 0.0928 e. The minimum atomic E-state index is -0.525. The molecule has 2 nitrogen and oxygen atoms in total. The lowest BCUT2D eigenvalue weighted by Gasteiger charge is -2.22. The summed E-state index contributed by atoms with van der Waals surface area (Å²) in [5.41, 5.74) is 0.810. The molecule has 100 valence electrons. The highest BCUT2D eigenvalue weighted by Crippen LogP contribution is 2.28. The molecule has 1 fully saturated rings. The molecule has 0 heterocycles. The number of aliphatic hydroxyl groups excluding tert-OH is 1. The quantitative estimate of drug-likeness (QED) is 0.855. The van der Waals surface area contributed by atoms with Crippen molar-refractivity contribution in [2.45, 2.75) is 44.8 Å². The van der Waals surface area contributed by atoms with Crippen molar-refractivity contribution in [1.82, 2.24) is 5.32 Å². The van der Waals surface area contributed by atoms with E-state index in [1.54, 1.807) is 0 Å². The van der Waals surface area contributed by atoms with E-state index in [0.717, 1.165) is 11.5 Å². The molecule has 2 rings (SSSR count). The molecule has 2 atom stereocenters. The van der Waals surface area contributed by atoms with E-state index in [-0.39, 0.29) is 0 Å². The van der Waals surface area contributed by atoms with Crippen LogP contribution < -0.4 is 5.32 Å².